The van der Waals surface area contributed by atoms with E-state index in [1.54, 1.807) is 24.3 Å². The number of carbonyl (C=O) groups is 3. The van der Waals surface area contributed by atoms with Gasteiger partial charge < -0.3 is 5.32 Å². The van der Waals surface area contributed by atoms with Gasteiger partial charge in [-0.2, -0.15) is 0 Å². The van der Waals surface area contributed by atoms with Gasteiger partial charge in [0.05, 0.1) is 17.5 Å². The minimum Gasteiger partial charge on any atom is -0.322 e. The lowest BCUT2D eigenvalue weighted by atomic mass is 9.82. The average molecular weight is 400 g/mol. The highest BCUT2D eigenvalue weighted by molar-refractivity contribution is 6.23. The maximum Gasteiger partial charge on any atom is 0.255 e. The predicted octanol–water partition coefficient (Wildman–Crippen LogP) is 4.20. The molecule has 30 heavy (non-hydrogen) atoms. The maximum atomic E-state index is 13.2. The van der Waals surface area contributed by atoms with Crippen LogP contribution in [0.3, 0.4) is 0 Å². The number of anilines is 2. The smallest absolute Gasteiger partial charge is 0.255 e. The zero-order valence-corrected chi connectivity index (χ0v) is 17.1. The van der Waals surface area contributed by atoms with Gasteiger partial charge in [0, 0.05) is 11.3 Å². The molecule has 0 spiro atoms. The van der Waals surface area contributed by atoms with E-state index in [2.05, 4.69) is 18.3 Å². The molecule has 1 heterocycles. The Hall–Kier alpha value is -3.21. The van der Waals surface area contributed by atoms with E-state index >= 15 is 0 Å². The molecular formula is C25H24N2O3. The fourth-order valence-corrected chi connectivity index (χ4v) is 5.46. The van der Waals surface area contributed by atoms with Gasteiger partial charge in [-0.3, -0.25) is 14.4 Å². The molecule has 1 saturated carbocycles. The second-order valence-corrected chi connectivity index (χ2v) is 8.50. The molecule has 2 aliphatic carbocycles. The van der Waals surface area contributed by atoms with Gasteiger partial charge in [0.2, 0.25) is 11.8 Å². The van der Waals surface area contributed by atoms with E-state index in [9.17, 15) is 14.4 Å². The Kier molecular flexibility index (Phi) is 4.35. The number of amides is 3. The fraction of sp³-hybridized carbons (Fsp3) is 0.320. The van der Waals surface area contributed by atoms with E-state index in [-0.39, 0.29) is 41.4 Å². The summed E-state index contributed by atoms with van der Waals surface area (Å²) in [5, 5.41) is 2.95. The van der Waals surface area contributed by atoms with Crippen molar-refractivity contribution >= 4 is 29.1 Å². The lowest BCUT2D eigenvalue weighted by molar-refractivity contribution is -0.123. The van der Waals surface area contributed by atoms with Crippen molar-refractivity contribution in [1.29, 1.82) is 0 Å². The highest BCUT2D eigenvalue weighted by atomic mass is 16.2. The summed E-state index contributed by atoms with van der Waals surface area (Å²) >= 11 is 0. The summed E-state index contributed by atoms with van der Waals surface area (Å²) in [7, 11) is 0. The van der Waals surface area contributed by atoms with Crippen molar-refractivity contribution in [3.05, 3.63) is 71.3 Å². The van der Waals surface area contributed by atoms with Crippen LogP contribution in [0.4, 0.5) is 11.4 Å². The molecule has 152 valence electrons. The predicted molar refractivity (Wildman–Crippen MR) is 115 cm³/mol. The summed E-state index contributed by atoms with van der Waals surface area (Å²) < 4.78 is 0. The van der Waals surface area contributed by atoms with Crippen LogP contribution in [-0.4, -0.2) is 17.7 Å². The number of hydrogen-bond donors (Lipinski definition) is 1. The largest absolute Gasteiger partial charge is 0.322 e. The molecule has 2 bridgehead atoms. The van der Waals surface area contributed by atoms with E-state index in [4.69, 9.17) is 0 Å². The van der Waals surface area contributed by atoms with Crippen LogP contribution in [-0.2, 0) is 16.0 Å². The Morgan fingerprint density at radius 1 is 1.07 bits per heavy atom. The molecular weight excluding hydrogens is 376 g/mol. The van der Waals surface area contributed by atoms with Gasteiger partial charge in [-0.15, -0.1) is 0 Å². The van der Waals surface area contributed by atoms with Gasteiger partial charge in [-0.25, -0.2) is 4.90 Å². The molecule has 3 amide bonds. The van der Waals surface area contributed by atoms with Crippen LogP contribution in [0.1, 0.15) is 36.2 Å². The van der Waals surface area contributed by atoms with Crippen molar-refractivity contribution in [3.8, 4) is 0 Å². The molecule has 3 aliphatic rings. The Morgan fingerprint density at radius 3 is 2.63 bits per heavy atom. The number of benzene rings is 2. The molecule has 2 fully saturated rings. The van der Waals surface area contributed by atoms with Crippen LogP contribution in [0.5, 0.6) is 0 Å². The van der Waals surface area contributed by atoms with Gasteiger partial charge in [-0.05, 0) is 61.4 Å². The van der Waals surface area contributed by atoms with Gasteiger partial charge in [0.15, 0.2) is 0 Å². The molecule has 2 aromatic carbocycles. The minimum absolute atomic E-state index is 0.126. The Morgan fingerprint density at radius 2 is 1.83 bits per heavy atom. The molecule has 1 N–H and O–H groups in total. The van der Waals surface area contributed by atoms with Crippen molar-refractivity contribution in [2.24, 2.45) is 23.7 Å². The summed E-state index contributed by atoms with van der Waals surface area (Å²) in [5.74, 6) is -0.665. The monoisotopic (exact) mass is 400 g/mol. The first-order valence-corrected chi connectivity index (χ1v) is 10.5. The van der Waals surface area contributed by atoms with Crippen LogP contribution in [0.15, 0.2) is 60.2 Å². The molecule has 2 aromatic rings. The second kappa shape index (κ2) is 6.94. The third-order valence-corrected chi connectivity index (χ3v) is 6.89. The molecule has 5 heteroatoms. The molecule has 0 aromatic heterocycles. The number of allylic oxidation sites excluding steroid dienone is 2. The van der Waals surface area contributed by atoms with E-state index < -0.39 is 0 Å². The Labute approximate surface area is 175 Å². The zero-order chi connectivity index (χ0) is 21.0. The van der Waals surface area contributed by atoms with Crippen LogP contribution >= 0.6 is 0 Å². The number of aryl methyl sites for hydroxylation is 1. The summed E-state index contributed by atoms with van der Waals surface area (Å²) in [6.45, 7) is 4.09. The molecule has 1 aliphatic heterocycles. The third kappa shape index (κ3) is 2.72. The molecule has 4 atom stereocenters. The normalized spacial score (nSPS) is 26.7. The van der Waals surface area contributed by atoms with Crippen LogP contribution in [0.25, 0.3) is 0 Å². The Bertz CT molecular complexity index is 1100. The van der Waals surface area contributed by atoms with Crippen molar-refractivity contribution in [3.63, 3.8) is 0 Å². The van der Waals surface area contributed by atoms with Crippen molar-refractivity contribution in [2.45, 2.75) is 26.7 Å². The van der Waals surface area contributed by atoms with Crippen molar-refractivity contribution in [2.75, 3.05) is 10.2 Å². The summed E-state index contributed by atoms with van der Waals surface area (Å²) in [5.41, 5.74) is 3.96. The lowest BCUT2D eigenvalue weighted by Crippen LogP contribution is -2.33. The topological polar surface area (TPSA) is 66.5 Å². The number of nitrogens with one attached hydrogen (secondary N) is 1. The van der Waals surface area contributed by atoms with Gasteiger partial charge in [-0.1, -0.05) is 42.8 Å². The number of hydrogen-bond acceptors (Lipinski definition) is 3. The highest BCUT2D eigenvalue weighted by Gasteiger charge is 2.60. The first-order chi connectivity index (χ1) is 14.5. The SMILES string of the molecule is CCc1ccccc1NC(=O)c1cccc(N2C(=O)[C@@H]3[C@H](C2=O)[C@@H]2C=C(C)[C@H]3C2)c1. The van der Waals surface area contributed by atoms with Crippen molar-refractivity contribution in [1.82, 2.24) is 0 Å². The quantitative estimate of drug-likeness (QED) is 0.618. The minimum atomic E-state index is -0.255. The van der Waals surface area contributed by atoms with Gasteiger partial charge in [0.1, 0.15) is 0 Å². The number of fused-ring (bicyclic) bond motifs is 5. The number of carbonyl (C=O) groups excluding carboxylic acids is 3. The Balaban J connectivity index is 1.41. The fourth-order valence-electron chi connectivity index (χ4n) is 5.46. The molecule has 5 rings (SSSR count). The third-order valence-electron chi connectivity index (χ3n) is 6.89. The number of nitrogens with zero attached hydrogens (tertiary/aromatic N) is 1. The standard InChI is InChI=1S/C25H24N2O3/c1-3-15-7-4-5-10-20(15)26-23(28)16-8-6-9-18(12-16)27-24(29)21-17-11-14(2)19(13-17)22(21)25(27)30/h4-12,17,19,21-22H,3,13H2,1-2H3,(H,26,28)/t17-,19-,21-,22+/m1/s1. The molecule has 0 unspecified atom stereocenters. The van der Waals surface area contributed by atoms with Crippen LogP contribution in [0.2, 0.25) is 0 Å². The van der Waals surface area contributed by atoms with E-state index in [0.29, 0.717) is 11.3 Å². The van der Waals surface area contributed by atoms with Gasteiger partial charge >= 0.3 is 0 Å². The summed E-state index contributed by atoms with van der Waals surface area (Å²) in [6, 6.07) is 14.5. The number of imide groups is 1. The van der Waals surface area contributed by atoms with Crippen LogP contribution < -0.4 is 10.2 Å². The molecule has 5 nitrogen and oxygen atoms in total. The second-order valence-electron chi connectivity index (χ2n) is 8.50. The first-order valence-electron chi connectivity index (χ1n) is 10.5. The number of rotatable bonds is 4. The lowest BCUT2D eigenvalue weighted by Gasteiger charge is -2.19. The van der Waals surface area contributed by atoms with Crippen LogP contribution in [0, 0.1) is 23.7 Å². The maximum absolute atomic E-state index is 13.2. The highest BCUT2D eigenvalue weighted by Crippen LogP contribution is 2.55. The summed E-state index contributed by atoms with van der Waals surface area (Å²) in [6.07, 6.45) is 3.88. The van der Waals surface area contributed by atoms with E-state index in [0.717, 1.165) is 24.1 Å². The summed E-state index contributed by atoms with van der Waals surface area (Å²) in [4.78, 5) is 40.5. The van der Waals surface area contributed by atoms with E-state index in [1.807, 2.05) is 31.2 Å². The zero-order valence-electron chi connectivity index (χ0n) is 17.1. The average Bonchev–Trinajstić information content (AvgIpc) is 3.39. The molecule has 0 radical (unpaired) electrons. The van der Waals surface area contributed by atoms with Gasteiger partial charge in [0.25, 0.3) is 5.91 Å². The first kappa shape index (κ1) is 18.8. The number of para-hydroxylation sites is 1. The van der Waals surface area contributed by atoms with E-state index in [1.165, 1.54) is 10.5 Å². The van der Waals surface area contributed by atoms with Crippen molar-refractivity contribution < 1.29 is 14.4 Å². The molecule has 1 saturated heterocycles.